The lowest BCUT2D eigenvalue weighted by molar-refractivity contribution is 0.0548. The summed E-state index contributed by atoms with van der Waals surface area (Å²) >= 11 is 0. The molecule has 0 unspecified atom stereocenters. The Labute approximate surface area is 93.0 Å². The third kappa shape index (κ3) is 2.11. The lowest BCUT2D eigenvalue weighted by atomic mass is 10.1. The monoisotopic (exact) mass is 220 g/mol. The molecule has 0 fully saturated rings. The molecule has 16 heavy (non-hydrogen) atoms. The fourth-order valence-electron chi connectivity index (χ4n) is 1.65. The van der Waals surface area contributed by atoms with Gasteiger partial charge in [0, 0.05) is 11.3 Å². The Bertz CT molecular complexity index is 480. The van der Waals surface area contributed by atoms with Gasteiger partial charge in [0.2, 0.25) is 0 Å². The number of hydrogen-bond donors (Lipinski definition) is 1. The molecule has 0 bridgehead atoms. The average molecular weight is 220 g/mol. The van der Waals surface area contributed by atoms with Crippen molar-refractivity contribution < 1.29 is 14.3 Å². The van der Waals surface area contributed by atoms with Gasteiger partial charge in [-0.3, -0.25) is 4.79 Å². The second-order valence-electron chi connectivity index (χ2n) is 3.42. The normalized spacial score (nSPS) is 9.62. The lowest BCUT2D eigenvalue weighted by Crippen LogP contribution is -2.07. The third-order valence-electron chi connectivity index (χ3n) is 2.26. The molecule has 0 aliphatic carbocycles. The molecule has 0 atom stereocenters. The number of aryl methyl sites for hydroxylation is 1. The Balaban J connectivity index is 3.08. The highest BCUT2D eigenvalue weighted by atomic mass is 16.5. The second kappa shape index (κ2) is 4.62. The van der Waals surface area contributed by atoms with Crippen LogP contribution in [0.3, 0.4) is 0 Å². The molecule has 1 heterocycles. The highest BCUT2D eigenvalue weighted by Crippen LogP contribution is 2.18. The fourth-order valence-corrected chi connectivity index (χ4v) is 1.65. The smallest absolute Gasteiger partial charge is 0.356 e. The quantitative estimate of drug-likeness (QED) is 0.618. The van der Waals surface area contributed by atoms with E-state index in [9.17, 15) is 9.59 Å². The van der Waals surface area contributed by atoms with Crippen LogP contribution in [0.4, 0.5) is 0 Å². The number of carbonyl (C=O) groups excluding carboxylic acids is 2. The minimum Gasteiger partial charge on any atom is -0.446 e. The van der Waals surface area contributed by atoms with Crippen LogP contribution in [0.25, 0.3) is 0 Å². The van der Waals surface area contributed by atoms with Crippen LogP contribution in [-0.4, -0.2) is 23.3 Å². The molecule has 5 heteroatoms. The largest absolute Gasteiger partial charge is 0.446 e. The van der Waals surface area contributed by atoms with E-state index in [-0.39, 0.29) is 18.1 Å². The summed E-state index contributed by atoms with van der Waals surface area (Å²) in [5, 5.41) is 8.29. The highest BCUT2D eigenvalue weighted by molar-refractivity contribution is 6.01. The molecule has 0 aliphatic rings. The molecular formula is C11H12N2O3. The molecule has 1 aromatic rings. The van der Waals surface area contributed by atoms with Crippen LogP contribution in [0.2, 0.25) is 0 Å². The topological polar surface area (TPSA) is 82.9 Å². The number of ether oxygens (including phenoxy) is 1. The van der Waals surface area contributed by atoms with E-state index < -0.39 is 5.97 Å². The summed E-state index contributed by atoms with van der Waals surface area (Å²) in [6, 6.07) is 1.71. The van der Waals surface area contributed by atoms with E-state index in [4.69, 9.17) is 5.26 Å². The Hall–Kier alpha value is -2.09. The first-order chi connectivity index (χ1) is 7.49. The number of H-pyrrole nitrogens is 1. The number of ketones is 1. The van der Waals surface area contributed by atoms with Gasteiger partial charge in [0.1, 0.15) is 11.8 Å². The van der Waals surface area contributed by atoms with E-state index in [1.54, 1.807) is 19.9 Å². The van der Waals surface area contributed by atoms with Crippen molar-refractivity contribution in [2.24, 2.45) is 0 Å². The number of nitrogens with one attached hydrogen (secondary N) is 1. The number of hydrogen-bond acceptors (Lipinski definition) is 4. The maximum atomic E-state index is 11.5. The predicted molar refractivity (Wildman–Crippen MR) is 56.2 cm³/mol. The number of esters is 1. The molecular weight excluding hydrogens is 208 g/mol. The molecule has 0 saturated heterocycles. The van der Waals surface area contributed by atoms with Crippen molar-refractivity contribution in [1.82, 2.24) is 4.98 Å². The molecule has 0 radical (unpaired) electrons. The molecule has 5 nitrogen and oxygen atoms in total. The first kappa shape index (κ1) is 12.0. The molecule has 1 N–H and O–H groups in total. The Morgan fingerprint density at radius 2 is 2.06 bits per heavy atom. The van der Waals surface area contributed by atoms with Crippen LogP contribution < -0.4 is 0 Å². The van der Waals surface area contributed by atoms with E-state index in [1.807, 2.05) is 0 Å². The summed E-state index contributed by atoms with van der Waals surface area (Å²) in [6.45, 7) is 4.52. The van der Waals surface area contributed by atoms with Gasteiger partial charge in [0.15, 0.2) is 12.4 Å². The van der Waals surface area contributed by atoms with Crippen molar-refractivity contribution >= 4 is 11.8 Å². The molecule has 1 rings (SSSR count). The summed E-state index contributed by atoms with van der Waals surface area (Å²) in [6.07, 6.45) is 0. The molecule has 0 amide bonds. The molecule has 0 aromatic carbocycles. The Morgan fingerprint density at radius 3 is 2.50 bits per heavy atom. The van der Waals surface area contributed by atoms with Crippen LogP contribution in [-0.2, 0) is 4.74 Å². The zero-order valence-corrected chi connectivity index (χ0v) is 9.38. The molecule has 0 saturated carbocycles. The average Bonchev–Trinajstić information content (AvgIpc) is 2.50. The van der Waals surface area contributed by atoms with Gasteiger partial charge in [-0.15, -0.1) is 0 Å². The first-order valence-electron chi connectivity index (χ1n) is 4.73. The van der Waals surface area contributed by atoms with Crippen LogP contribution in [0.5, 0.6) is 0 Å². The Kier molecular flexibility index (Phi) is 3.46. The van der Waals surface area contributed by atoms with Crippen LogP contribution in [0.1, 0.15) is 39.0 Å². The van der Waals surface area contributed by atoms with Crippen molar-refractivity contribution in [2.75, 3.05) is 6.61 Å². The molecule has 0 aliphatic heterocycles. The first-order valence-corrected chi connectivity index (χ1v) is 4.73. The van der Waals surface area contributed by atoms with E-state index in [0.29, 0.717) is 16.8 Å². The van der Waals surface area contributed by atoms with Crippen molar-refractivity contribution in [2.45, 2.75) is 20.8 Å². The lowest BCUT2D eigenvalue weighted by Gasteiger charge is -1.99. The number of Topliss-reactive ketones (excluding diaryl/α,β-unsaturated/α-hetero) is 1. The molecule has 84 valence electrons. The van der Waals surface area contributed by atoms with Gasteiger partial charge in [-0.2, -0.15) is 5.26 Å². The summed E-state index contributed by atoms with van der Waals surface area (Å²) in [5.41, 5.74) is 1.93. The van der Waals surface area contributed by atoms with E-state index >= 15 is 0 Å². The number of rotatable bonds is 3. The van der Waals surface area contributed by atoms with Gasteiger partial charge < -0.3 is 9.72 Å². The third-order valence-corrected chi connectivity index (χ3v) is 2.26. The number of aromatic nitrogens is 1. The minimum atomic E-state index is -0.616. The zero-order chi connectivity index (χ0) is 12.3. The summed E-state index contributed by atoms with van der Waals surface area (Å²) in [5.74, 6) is -0.722. The summed E-state index contributed by atoms with van der Waals surface area (Å²) < 4.78 is 4.66. The van der Waals surface area contributed by atoms with Crippen molar-refractivity contribution in [3.05, 3.63) is 22.5 Å². The SMILES string of the molecule is CC(=O)c1c(C)[nH]c(C(=O)OCC#N)c1C. The van der Waals surface area contributed by atoms with Crippen molar-refractivity contribution in [1.29, 1.82) is 5.26 Å². The van der Waals surface area contributed by atoms with E-state index in [2.05, 4.69) is 9.72 Å². The summed E-state index contributed by atoms with van der Waals surface area (Å²) in [4.78, 5) is 25.6. The number of aromatic amines is 1. The predicted octanol–water partition coefficient (Wildman–Crippen LogP) is 1.51. The molecule has 1 aromatic heterocycles. The van der Waals surface area contributed by atoms with E-state index in [1.165, 1.54) is 6.92 Å². The number of nitrogens with zero attached hydrogens (tertiary/aromatic N) is 1. The maximum absolute atomic E-state index is 11.5. The molecule has 0 spiro atoms. The maximum Gasteiger partial charge on any atom is 0.356 e. The van der Waals surface area contributed by atoms with Gasteiger partial charge in [-0.25, -0.2) is 4.79 Å². The number of nitriles is 1. The summed E-state index contributed by atoms with van der Waals surface area (Å²) in [7, 11) is 0. The van der Waals surface area contributed by atoms with Crippen molar-refractivity contribution in [3.8, 4) is 6.07 Å². The second-order valence-corrected chi connectivity index (χ2v) is 3.42. The van der Waals surface area contributed by atoms with Gasteiger partial charge in [0.25, 0.3) is 0 Å². The van der Waals surface area contributed by atoms with Gasteiger partial charge >= 0.3 is 5.97 Å². The van der Waals surface area contributed by atoms with E-state index in [0.717, 1.165) is 0 Å². The van der Waals surface area contributed by atoms with Gasteiger partial charge in [-0.05, 0) is 26.3 Å². The van der Waals surface area contributed by atoms with Crippen LogP contribution >= 0.6 is 0 Å². The number of carbonyl (C=O) groups is 2. The minimum absolute atomic E-state index is 0.106. The standard InChI is InChI=1S/C11H12N2O3/c1-6-9(8(3)14)7(2)13-10(6)11(15)16-5-4-12/h13H,5H2,1-3H3. The highest BCUT2D eigenvalue weighted by Gasteiger charge is 2.20. The van der Waals surface area contributed by atoms with Crippen molar-refractivity contribution in [3.63, 3.8) is 0 Å². The zero-order valence-electron chi connectivity index (χ0n) is 9.38. The van der Waals surface area contributed by atoms with Crippen LogP contribution in [0, 0.1) is 25.2 Å². The van der Waals surface area contributed by atoms with Gasteiger partial charge in [-0.1, -0.05) is 0 Å². The van der Waals surface area contributed by atoms with Gasteiger partial charge in [0.05, 0.1) is 0 Å². The Morgan fingerprint density at radius 1 is 1.44 bits per heavy atom. The van der Waals surface area contributed by atoms with Crippen LogP contribution in [0.15, 0.2) is 0 Å². The fraction of sp³-hybridized carbons (Fsp3) is 0.364.